The van der Waals surface area contributed by atoms with Crippen LogP contribution in [0, 0.1) is 17.8 Å². The molecule has 6 atom stereocenters. The van der Waals surface area contributed by atoms with Gasteiger partial charge in [-0.05, 0) is 32.9 Å². The molecule has 1 aromatic carbocycles. The van der Waals surface area contributed by atoms with E-state index in [-0.39, 0.29) is 17.3 Å². The van der Waals surface area contributed by atoms with Gasteiger partial charge in [0.1, 0.15) is 23.5 Å². The summed E-state index contributed by atoms with van der Waals surface area (Å²) in [6.45, 7) is 3.29. The average Bonchev–Trinajstić information content (AvgIpc) is 3.41. The van der Waals surface area contributed by atoms with Gasteiger partial charge in [0.25, 0.3) is 0 Å². The topological polar surface area (TPSA) is 187 Å². The van der Waals surface area contributed by atoms with Crippen LogP contribution in [0.2, 0.25) is 0 Å². The van der Waals surface area contributed by atoms with E-state index in [1.54, 1.807) is 32.0 Å². The zero-order chi connectivity index (χ0) is 30.9. The molecule has 1 unspecified atom stereocenters. The van der Waals surface area contributed by atoms with Gasteiger partial charge in [-0.2, -0.15) is 4.98 Å². The molecule has 14 heteroatoms. The Morgan fingerprint density at radius 2 is 2.05 bits per heavy atom. The van der Waals surface area contributed by atoms with E-state index in [1.165, 1.54) is 43.1 Å². The van der Waals surface area contributed by atoms with Crippen LogP contribution in [-0.4, -0.2) is 67.2 Å². The highest BCUT2D eigenvalue weighted by molar-refractivity contribution is 7.54. The minimum Gasteiger partial charge on any atom is -0.463 e. The molecule has 1 aliphatic rings. The number of imidazole rings is 1. The van der Waals surface area contributed by atoms with Gasteiger partial charge in [-0.3, -0.25) is 13.9 Å². The number of anilines is 1. The van der Waals surface area contributed by atoms with Crippen molar-refractivity contribution in [2.75, 3.05) is 18.5 Å². The number of ether oxygens (including phenoxy) is 2. The summed E-state index contributed by atoms with van der Waals surface area (Å²) in [6, 6.07) is 7.95. The maximum atomic E-state index is 14.1. The van der Waals surface area contributed by atoms with E-state index in [9.17, 15) is 14.5 Å². The largest absolute Gasteiger partial charge is 0.463 e. The number of aromatic nitrogens is 4. The van der Waals surface area contributed by atoms with Gasteiger partial charge >= 0.3 is 13.6 Å². The Morgan fingerprint density at radius 1 is 1.32 bits per heavy atom. The number of esters is 1. The molecule has 0 bridgehead atoms. The fraction of sp³-hybridized carbons (Fsp3) is 0.462. The standard InChI is InChI=1S/C26H33N6O7P/c1-5-11-26(28)21(33)20(38-24(26)32-15-30-19-12-29-25(27)31-22(19)32)13-36-40(35,39-18-9-7-6-8-10-18)14-17(4)23(34)37-16(2)3/h6-10,12,15-17,20-21,24,33H,13-14,28H2,1-4H3,(H2,27,29,31)/t17-,20-,21+,24-,26?,40+/m1/s1/i13D2. The Kier molecular flexibility index (Phi) is 7.95. The number of carbonyl (C=O) groups excluding carboxylic acids is 1. The summed E-state index contributed by atoms with van der Waals surface area (Å²) in [5, 5.41) is 11.4. The maximum Gasteiger partial charge on any atom is 0.380 e. The highest BCUT2D eigenvalue weighted by Crippen LogP contribution is 2.51. The van der Waals surface area contributed by atoms with Crippen molar-refractivity contribution in [1.29, 1.82) is 0 Å². The van der Waals surface area contributed by atoms with E-state index in [0.717, 1.165) is 0 Å². The molecule has 4 rings (SSSR count). The van der Waals surface area contributed by atoms with Crippen molar-refractivity contribution < 1.29 is 35.7 Å². The minimum atomic E-state index is -4.48. The Hall–Kier alpha value is -3.53. The molecule has 13 nitrogen and oxygen atoms in total. The third-order valence-electron chi connectivity index (χ3n) is 5.94. The van der Waals surface area contributed by atoms with Gasteiger partial charge in [0, 0.05) is 0 Å². The first-order valence-corrected chi connectivity index (χ1v) is 14.2. The highest BCUT2D eigenvalue weighted by atomic mass is 31.2. The zero-order valence-electron chi connectivity index (χ0n) is 24.4. The Morgan fingerprint density at radius 3 is 2.73 bits per heavy atom. The van der Waals surface area contributed by atoms with Gasteiger partial charge in [-0.1, -0.05) is 31.0 Å². The second kappa shape index (κ2) is 11.9. The predicted molar refractivity (Wildman–Crippen MR) is 146 cm³/mol. The lowest BCUT2D eigenvalue weighted by Gasteiger charge is -2.27. The third kappa shape index (κ3) is 6.27. The van der Waals surface area contributed by atoms with E-state index in [1.807, 2.05) is 0 Å². The SMILES string of the molecule is [2H]C([2H])(O[P@@](=O)(C[C@@H](C)C(=O)OC(C)C)Oc1ccccc1)[C@H]1O[C@@H](n2cnc3cnc(N)nc32)C(N)(C#CC)[C@H]1O. The summed E-state index contributed by atoms with van der Waals surface area (Å²) >= 11 is 0. The zero-order valence-corrected chi connectivity index (χ0v) is 23.3. The average molecular weight is 575 g/mol. The summed E-state index contributed by atoms with van der Waals surface area (Å²) in [5.41, 5.74) is 10.9. The Balaban J connectivity index is 1.69. The van der Waals surface area contributed by atoms with Gasteiger partial charge in [0.05, 0.1) is 40.0 Å². The van der Waals surface area contributed by atoms with Gasteiger partial charge < -0.3 is 30.6 Å². The maximum absolute atomic E-state index is 14.1. The number of nitrogen functional groups attached to an aromatic ring is 1. The number of para-hydroxylation sites is 1. The second-order valence-corrected chi connectivity index (χ2v) is 11.5. The predicted octanol–water partition coefficient (Wildman–Crippen LogP) is 2.26. The van der Waals surface area contributed by atoms with Crippen LogP contribution in [0.1, 0.15) is 36.7 Å². The number of aliphatic hydroxyl groups is 1. The van der Waals surface area contributed by atoms with E-state index in [0.29, 0.717) is 5.52 Å². The van der Waals surface area contributed by atoms with Gasteiger partial charge in [-0.25, -0.2) is 14.5 Å². The minimum absolute atomic E-state index is 0.0636. The lowest BCUT2D eigenvalue weighted by Crippen LogP contribution is -2.53. The van der Waals surface area contributed by atoms with Gasteiger partial charge in [0.2, 0.25) is 5.95 Å². The summed E-state index contributed by atoms with van der Waals surface area (Å²) in [6.07, 6.45) is -3.25. The van der Waals surface area contributed by atoms with E-state index in [2.05, 4.69) is 26.8 Å². The molecule has 0 saturated carbocycles. The van der Waals surface area contributed by atoms with E-state index >= 15 is 0 Å². The number of nitrogens with two attached hydrogens (primary N) is 2. The monoisotopic (exact) mass is 574 g/mol. The number of nitrogens with zero attached hydrogens (tertiary/aromatic N) is 4. The highest BCUT2D eigenvalue weighted by Gasteiger charge is 2.55. The molecule has 2 aromatic heterocycles. The van der Waals surface area contributed by atoms with Crippen LogP contribution >= 0.6 is 7.60 Å². The van der Waals surface area contributed by atoms with Crippen LogP contribution in [0.15, 0.2) is 42.9 Å². The van der Waals surface area contributed by atoms with Crippen molar-refractivity contribution in [3.8, 4) is 17.6 Å². The van der Waals surface area contributed by atoms with Crippen LogP contribution in [0.5, 0.6) is 5.75 Å². The Bertz CT molecular complexity index is 1550. The number of rotatable bonds is 10. The van der Waals surface area contributed by atoms with E-state index in [4.69, 9.17) is 32.7 Å². The molecule has 1 saturated heterocycles. The Labute approximate surface area is 234 Å². The molecule has 0 radical (unpaired) electrons. The number of hydrogen-bond donors (Lipinski definition) is 3. The second-order valence-electron chi connectivity index (χ2n) is 9.54. The van der Waals surface area contributed by atoms with Crippen LogP contribution in [0.4, 0.5) is 5.95 Å². The fourth-order valence-electron chi connectivity index (χ4n) is 4.10. The summed E-state index contributed by atoms with van der Waals surface area (Å²) in [4.78, 5) is 24.8. The fourth-order valence-corrected chi connectivity index (χ4v) is 5.81. The summed E-state index contributed by atoms with van der Waals surface area (Å²) < 4.78 is 55.5. The molecule has 40 heavy (non-hydrogen) atoms. The molecule has 0 amide bonds. The molecule has 0 spiro atoms. The number of aliphatic hydroxyl groups excluding tert-OH is 1. The van der Waals surface area contributed by atoms with E-state index < -0.39 is 62.3 Å². The van der Waals surface area contributed by atoms with Crippen molar-refractivity contribution in [1.82, 2.24) is 19.5 Å². The van der Waals surface area contributed by atoms with Crippen molar-refractivity contribution >= 4 is 30.7 Å². The summed E-state index contributed by atoms with van der Waals surface area (Å²) in [5.74, 6) is 3.72. The molecule has 0 aliphatic carbocycles. The molecule has 214 valence electrons. The number of benzene rings is 1. The van der Waals surface area contributed by atoms with Gasteiger partial charge in [-0.15, -0.1) is 5.92 Å². The lowest BCUT2D eigenvalue weighted by molar-refractivity contribution is -0.151. The van der Waals surface area contributed by atoms with Crippen LogP contribution < -0.4 is 16.0 Å². The first kappa shape index (κ1) is 26.7. The van der Waals surface area contributed by atoms with Gasteiger partial charge in [0.15, 0.2) is 17.4 Å². The molecule has 1 fully saturated rings. The molecule has 1 aliphatic heterocycles. The van der Waals surface area contributed by atoms with Crippen molar-refractivity contribution in [2.24, 2.45) is 11.7 Å². The normalized spacial score (nSPS) is 25.8. The van der Waals surface area contributed by atoms with Crippen molar-refractivity contribution in [3.05, 3.63) is 42.9 Å². The molecular weight excluding hydrogens is 539 g/mol. The summed E-state index contributed by atoms with van der Waals surface area (Å²) in [7, 11) is -4.48. The third-order valence-corrected chi connectivity index (χ3v) is 7.80. The first-order chi connectivity index (χ1) is 19.7. The van der Waals surface area contributed by atoms with Crippen molar-refractivity contribution in [3.63, 3.8) is 0 Å². The molecule has 5 N–H and O–H groups in total. The van der Waals surface area contributed by atoms with Crippen molar-refractivity contribution in [2.45, 2.75) is 57.8 Å². The number of fused-ring (bicyclic) bond motifs is 1. The molecular formula is C26H33N6O7P. The van der Waals surface area contributed by atoms with Crippen LogP contribution in [0.25, 0.3) is 11.2 Å². The molecule has 3 aromatic rings. The first-order valence-electron chi connectivity index (χ1n) is 13.5. The quantitative estimate of drug-likeness (QED) is 0.182. The smallest absolute Gasteiger partial charge is 0.380 e. The number of carbonyl (C=O) groups is 1. The molecule has 3 heterocycles. The lowest BCUT2D eigenvalue weighted by atomic mass is 9.91. The number of hydrogen-bond acceptors (Lipinski definition) is 12. The van der Waals surface area contributed by atoms with Crippen LogP contribution in [-0.2, 0) is 23.4 Å². The van der Waals surface area contributed by atoms with Crippen LogP contribution in [0.3, 0.4) is 0 Å².